The summed E-state index contributed by atoms with van der Waals surface area (Å²) in [7, 11) is 0. The second-order valence-electron chi connectivity index (χ2n) is 4.47. The molecule has 0 aliphatic rings. The van der Waals surface area contributed by atoms with E-state index in [4.69, 9.17) is 5.26 Å². The van der Waals surface area contributed by atoms with Gasteiger partial charge in [0, 0.05) is 25.0 Å². The fraction of sp³-hybridized carbons (Fsp3) is 0.176. The van der Waals surface area contributed by atoms with Crippen molar-refractivity contribution in [2.24, 2.45) is 0 Å². The molecular weight excluding hydrogens is 262 g/mol. The fourth-order valence-electron chi connectivity index (χ4n) is 1.75. The van der Waals surface area contributed by atoms with Gasteiger partial charge in [0.15, 0.2) is 0 Å². The molecule has 0 unspecified atom stereocenters. The third-order valence-corrected chi connectivity index (χ3v) is 2.74. The van der Waals surface area contributed by atoms with Crippen molar-refractivity contribution in [2.75, 3.05) is 18.4 Å². The third kappa shape index (κ3) is 5.00. The maximum atomic E-state index is 12.2. The highest BCUT2D eigenvalue weighted by Gasteiger charge is 2.15. The van der Waals surface area contributed by atoms with E-state index in [1.54, 1.807) is 12.2 Å². The molecule has 0 radical (unpaired) electrons. The predicted octanol–water partition coefficient (Wildman–Crippen LogP) is 3.02. The Morgan fingerprint density at radius 2 is 2.05 bits per heavy atom. The number of nitriles is 1. The lowest BCUT2D eigenvalue weighted by Crippen LogP contribution is -2.32. The number of benzene rings is 1. The normalized spacial score (nSPS) is 10.4. The second-order valence-corrected chi connectivity index (χ2v) is 4.47. The van der Waals surface area contributed by atoms with Crippen molar-refractivity contribution >= 4 is 11.6 Å². The quantitative estimate of drug-likeness (QED) is 0.475. The van der Waals surface area contributed by atoms with E-state index in [0.29, 0.717) is 13.1 Å². The minimum Gasteiger partial charge on any atom is -0.360 e. The van der Waals surface area contributed by atoms with Gasteiger partial charge in [-0.05, 0) is 24.6 Å². The molecule has 1 aromatic carbocycles. The smallest absolute Gasteiger partial charge is 0.266 e. The average molecular weight is 281 g/mol. The maximum absolute atomic E-state index is 12.2. The zero-order chi connectivity index (χ0) is 15.7. The Hall–Kier alpha value is -2.80. The van der Waals surface area contributed by atoms with Crippen molar-refractivity contribution in [2.45, 2.75) is 6.92 Å². The standard InChI is InChI=1S/C17H19N3O/c1-4-9-20(10-5-2)17(21)15(12-18)13-19-16-8-6-7-14(3)11-16/h4-8,11,13,19H,1-2,9-10H2,3H3/b15-13-. The number of anilines is 1. The summed E-state index contributed by atoms with van der Waals surface area (Å²) in [5.74, 6) is -0.350. The van der Waals surface area contributed by atoms with E-state index in [2.05, 4.69) is 18.5 Å². The number of rotatable bonds is 7. The Labute approximate surface area is 125 Å². The number of hydrogen-bond donors (Lipinski definition) is 1. The molecule has 0 heterocycles. The Morgan fingerprint density at radius 3 is 2.57 bits per heavy atom. The summed E-state index contributed by atoms with van der Waals surface area (Å²) in [6.07, 6.45) is 4.66. The first-order chi connectivity index (χ1) is 10.1. The molecule has 1 amide bonds. The van der Waals surface area contributed by atoms with Crippen molar-refractivity contribution in [3.63, 3.8) is 0 Å². The van der Waals surface area contributed by atoms with Crippen LogP contribution in [-0.2, 0) is 4.79 Å². The van der Waals surface area contributed by atoms with Crippen LogP contribution >= 0.6 is 0 Å². The number of carbonyl (C=O) groups excluding carboxylic acids is 1. The lowest BCUT2D eigenvalue weighted by atomic mass is 10.2. The fourth-order valence-corrected chi connectivity index (χ4v) is 1.75. The summed E-state index contributed by atoms with van der Waals surface area (Å²) in [6, 6.07) is 9.60. The number of nitrogens with zero attached hydrogens (tertiary/aromatic N) is 2. The molecule has 0 bridgehead atoms. The molecule has 4 heteroatoms. The van der Waals surface area contributed by atoms with Crippen molar-refractivity contribution in [1.29, 1.82) is 5.26 Å². The van der Waals surface area contributed by atoms with Crippen LogP contribution in [0.4, 0.5) is 5.69 Å². The lowest BCUT2D eigenvalue weighted by molar-refractivity contribution is -0.125. The molecule has 21 heavy (non-hydrogen) atoms. The summed E-state index contributed by atoms with van der Waals surface area (Å²) in [5.41, 5.74) is 1.97. The summed E-state index contributed by atoms with van der Waals surface area (Å²) in [5, 5.41) is 12.1. The van der Waals surface area contributed by atoms with Gasteiger partial charge in [0.2, 0.25) is 0 Å². The number of aryl methyl sites for hydroxylation is 1. The highest BCUT2D eigenvalue weighted by molar-refractivity contribution is 5.97. The lowest BCUT2D eigenvalue weighted by Gasteiger charge is -2.18. The molecule has 108 valence electrons. The van der Waals surface area contributed by atoms with E-state index in [-0.39, 0.29) is 11.5 Å². The van der Waals surface area contributed by atoms with Crippen LogP contribution in [0.3, 0.4) is 0 Å². The Kier molecular flexibility index (Phi) is 6.49. The van der Waals surface area contributed by atoms with Gasteiger partial charge in [0.1, 0.15) is 11.6 Å². The largest absolute Gasteiger partial charge is 0.360 e. The van der Waals surface area contributed by atoms with Gasteiger partial charge in [-0.2, -0.15) is 5.26 Å². The number of carbonyl (C=O) groups is 1. The van der Waals surface area contributed by atoms with Crippen LogP contribution in [0.2, 0.25) is 0 Å². The van der Waals surface area contributed by atoms with Crippen LogP contribution in [0.25, 0.3) is 0 Å². The Morgan fingerprint density at radius 1 is 1.38 bits per heavy atom. The van der Waals surface area contributed by atoms with Gasteiger partial charge in [-0.3, -0.25) is 4.79 Å². The summed E-state index contributed by atoms with van der Waals surface area (Å²) >= 11 is 0. The highest BCUT2D eigenvalue weighted by atomic mass is 16.2. The van der Waals surface area contributed by atoms with E-state index < -0.39 is 0 Å². The maximum Gasteiger partial charge on any atom is 0.266 e. The molecule has 0 aliphatic carbocycles. The van der Waals surface area contributed by atoms with Crippen molar-refractivity contribution in [3.8, 4) is 6.07 Å². The van der Waals surface area contributed by atoms with Crippen molar-refractivity contribution < 1.29 is 4.79 Å². The first-order valence-corrected chi connectivity index (χ1v) is 6.57. The van der Waals surface area contributed by atoms with Gasteiger partial charge in [-0.15, -0.1) is 13.2 Å². The second kappa shape index (κ2) is 8.39. The zero-order valence-corrected chi connectivity index (χ0v) is 12.2. The van der Waals surface area contributed by atoms with Crippen LogP contribution in [0.15, 0.2) is 61.3 Å². The minimum absolute atomic E-state index is 0.0419. The SMILES string of the molecule is C=CCN(CC=C)C(=O)/C(C#N)=C\Nc1cccc(C)c1. The highest BCUT2D eigenvalue weighted by Crippen LogP contribution is 2.10. The minimum atomic E-state index is -0.350. The van der Waals surface area contributed by atoms with Crippen molar-refractivity contribution in [1.82, 2.24) is 4.90 Å². The van der Waals surface area contributed by atoms with Crippen LogP contribution in [-0.4, -0.2) is 23.9 Å². The molecule has 1 N–H and O–H groups in total. The Balaban J connectivity index is 2.87. The monoisotopic (exact) mass is 281 g/mol. The molecule has 0 fully saturated rings. The van der Waals surface area contributed by atoms with E-state index in [9.17, 15) is 4.79 Å². The number of amides is 1. The molecule has 0 saturated carbocycles. The van der Waals surface area contributed by atoms with Crippen LogP contribution in [0.1, 0.15) is 5.56 Å². The molecule has 1 rings (SSSR count). The number of hydrogen-bond acceptors (Lipinski definition) is 3. The molecule has 4 nitrogen and oxygen atoms in total. The van der Waals surface area contributed by atoms with Gasteiger partial charge in [-0.1, -0.05) is 24.3 Å². The topological polar surface area (TPSA) is 56.1 Å². The van der Waals surface area contributed by atoms with E-state index in [1.807, 2.05) is 37.3 Å². The summed E-state index contributed by atoms with van der Waals surface area (Å²) in [6.45, 7) is 9.93. The Bertz CT molecular complexity index is 586. The van der Waals surface area contributed by atoms with Crippen LogP contribution in [0.5, 0.6) is 0 Å². The van der Waals surface area contributed by atoms with Crippen LogP contribution < -0.4 is 5.32 Å². The zero-order valence-electron chi connectivity index (χ0n) is 12.2. The summed E-state index contributed by atoms with van der Waals surface area (Å²) in [4.78, 5) is 13.7. The molecule has 0 aromatic heterocycles. The van der Waals surface area contributed by atoms with E-state index in [0.717, 1.165) is 11.3 Å². The van der Waals surface area contributed by atoms with Crippen LogP contribution in [0, 0.1) is 18.3 Å². The van der Waals surface area contributed by atoms with Gasteiger partial charge in [0.25, 0.3) is 5.91 Å². The molecule has 0 aliphatic heterocycles. The third-order valence-electron chi connectivity index (χ3n) is 2.74. The van der Waals surface area contributed by atoms with Gasteiger partial charge < -0.3 is 10.2 Å². The van der Waals surface area contributed by atoms with Gasteiger partial charge in [0.05, 0.1) is 0 Å². The first-order valence-electron chi connectivity index (χ1n) is 6.57. The average Bonchev–Trinajstić information content (AvgIpc) is 2.47. The number of nitrogens with one attached hydrogen (secondary N) is 1. The van der Waals surface area contributed by atoms with Gasteiger partial charge in [-0.25, -0.2) is 0 Å². The molecule has 0 saturated heterocycles. The van der Waals surface area contributed by atoms with E-state index >= 15 is 0 Å². The van der Waals surface area contributed by atoms with Crippen molar-refractivity contribution in [3.05, 3.63) is 66.9 Å². The molecule has 0 atom stereocenters. The molecule has 0 spiro atoms. The molecular formula is C17H19N3O. The van der Waals surface area contributed by atoms with Gasteiger partial charge >= 0.3 is 0 Å². The first kappa shape index (κ1) is 16.3. The predicted molar refractivity (Wildman–Crippen MR) is 85.5 cm³/mol. The van der Waals surface area contributed by atoms with E-state index in [1.165, 1.54) is 11.1 Å². The molecule has 1 aromatic rings. The summed E-state index contributed by atoms with van der Waals surface area (Å²) < 4.78 is 0.